The lowest BCUT2D eigenvalue weighted by Gasteiger charge is -2.15. The van der Waals surface area contributed by atoms with Crippen molar-refractivity contribution < 1.29 is 29.3 Å². The van der Waals surface area contributed by atoms with E-state index >= 15 is 0 Å². The highest BCUT2D eigenvalue weighted by molar-refractivity contribution is 5.70. The number of carbonyl (C=O) groups excluding carboxylic acids is 2. The van der Waals surface area contributed by atoms with Gasteiger partial charge in [-0.25, -0.2) is 0 Å². The van der Waals surface area contributed by atoms with E-state index < -0.39 is 18.7 Å². The van der Waals surface area contributed by atoms with E-state index in [4.69, 9.17) is 14.6 Å². The van der Waals surface area contributed by atoms with Crippen LogP contribution >= 0.6 is 0 Å². The fourth-order valence-corrected chi connectivity index (χ4v) is 4.31. The Morgan fingerprint density at radius 1 is 0.418 bits per heavy atom. The number of rotatable bonds is 32. The maximum Gasteiger partial charge on any atom is 0.306 e. The molecular formula is C49H74O6. The fourth-order valence-electron chi connectivity index (χ4n) is 4.31. The first-order valence-corrected chi connectivity index (χ1v) is 20.4. The van der Waals surface area contributed by atoms with Crippen molar-refractivity contribution in [2.45, 2.75) is 130 Å². The van der Waals surface area contributed by atoms with E-state index in [0.717, 1.165) is 77.0 Å². The van der Waals surface area contributed by atoms with Crippen molar-refractivity contribution in [2.75, 3.05) is 19.8 Å². The van der Waals surface area contributed by atoms with Gasteiger partial charge in [-0.3, -0.25) is 9.59 Å². The Hall–Kier alpha value is -4.26. The first-order chi connectivity index (χ1) is 27.0. The predicted octanol–water partition coefficient (Wildman–Crippen LogP) is 12.4. The fraction of sp³-hybridized carbons (Fsp3) is 0.469. The maximum absolute atomic E-state index is 12.1. The van der Waals surface area contributed by atoms with Crippen molar-refractivity contribution in [2.24, 2.45) is 0 Å². The summed E-state index contributed by atoms with van der Waals surface area (Å²) >= 11 is 0. The molecule has 0 heterocycles. The van der Waals surface area contributed by atoms with Crippen molar-refractivity contribution in [3.8, 4) is 0 Å². The molecule has 0 bridgehead atoms. The standard InChI is InChI=1S/C47H68O5.C2H6O/c1-3-5-7-9-11-13-15-17-19-21-23-25-27-29-31-33-35-37-39-41-46(49)51-44-45(43-48)52-47(50)42-40-38-36-34-32-30-28-26-24-22-20-18-16-14-12-10-8-6-4-2;1-2-3/h5-8,11-14,17-20,23-26,29-32,35-38,45,48H,3-4,9-10,15-16,21-22,27-28,33-34,39-44H2,1-2H3;3H,2H2,1H3/b7-5-,8-6-,13-11-,14-12-,19-17-,20-18-,25-23-,26-24-,31-29-,32-30-,37-35-,38-36-;/t45-;/m0./s1. The molecule has 1 atom stereocenters. The van der Waals surface area contributed by atoms with Crippen molar-refractivity contribution in [1.82, 2.24) is 0 Å². The highest BCUT2D eigenvalue weighted by Crippen LogP contribution is 2.04. The van der Waals surface area contributed by atoms with Gasteiger partial charge in [-0.05, 0) is 96.8 Å². The van der Waals surface area contributed by atoms with Crippen LogP contribution in [0.5, 0.6) is 0 Å². The molecule has 0 aliphatic heterocycles. The SMILES string of the molecule is CC/C=C\C/C=C\C/C=C\C/C=C\C/C=C\C/C=C\CCC(=O)OC[C@H](CO)OC(=O)CC/C=C\C/C=C\C/C=C\C/C=C\C/C=C\C/C=C\CC.CCO. The monoisotopic (exact) mass is 759 g/mol. The van der Waals surface area contributed by atoms with Crippen molar-refractivity contribution in [3.63, 3.8) is 0 Å². The van der Waals surface area contributed by atoms with Gasteiger partial charge >= 0.3 is 11.9 Å². The topological polar surface area (TPSA) is 93.1 Å². The van der Waals surface area contributed by atoms with E-state index in [0.29, 0.717) is 12.8 Å². The molecule has 0 amide bonds. The van der Waals surface area contributed by atoms with E-state index in [1.54, 1.807) is 6.92 Å². The second-order valence-corrected chi connectivity index (χ2v) is 12.2. The molecule has 0 aromatic rings. The van der Waals surface area contributed by atoms with Crippen LogP contribution in [0.4, 0.5) is 0 Å². The lowest BCUT2D eigenvalue weighted by molar-refractivity contribution is -0.161. The van der Waals surface area contributed by atoms with E-state index in [1.165, 1.54) is 0 Å². The Bertz CT molecular complexity index is 1240. The van der Waals surface area contributed by atoms with Gasteiger partial charge in [0, 0.05) is 19.4 Å². The molecule has 0 radical (unpaired) electrons. The first-order valence-electron chi connectivity index (χ1n) is 20.4. The number of ether oxygens (including phenoxy) is 2. The van der Waals surface area contributed by atoms with Crippen LogP contribution in [0, 0.1) is 0 Å². The number of hydrogen-bond donors (Lipinski definition) is 2. The Morgan fingerprint density at radius 3 is 0.945 bits per heavy atom. The van der Waals surface area contributed by atoms with Crippen LogP contribution < -0.4 is 0 Å². The van der Waals surface area contributed by atoms with Crippen LogP contribution in [0.1, 0.15) is 124 Å². The van der Waals surface area contributed by atoms with Gasteiger partial charge in [0.25, 0.3) is 0 Å². The number of esters is 2. The molecule has 0 fully saturated rings. The molecule has 2 N–H and O–H groups in total. The molecular weight excluding hydrogens is 685 g/mol. The summed E-state index contributed by atoms with van der Waals surface area (Å²) in [4.78, 5) is 24.2. The van der Waals surface area contributed by atoms with Gasteiger partial charge in [-0.1, -0.05) is 160 Å². The Morgan fingerprint density at radius 2 is 0.673 bits per heavy atom. The van der Waals surface area contributed by atoms with Crippen LogP contribution in [0.2, 0.25) is 0 Å². The highest BCUT2D eigenvalue weighted by atomic mass is 16.6. The smallest absolute Gasteiger partial charge is 0.306 e. The van der Waals surface area contributed by atoms with E-state index in [9.17, 15) is 14.7 Å². The molecule has 0 unspecified atom stereocenters. The predicted molar refractivity (Wildman–Crippen MR) is 236 cm³/mol. The number of hydrogen-bond acceptors (Lipinski definition) is 6. The minimum absolute atomic E-state index is 0.148. The number of aliphatic hydroxyl groups is 2. The molecule has 0 aliphatic carbocycles. The van der Waals surface area contributed by atoms with Crippen LogP contribution in [-0.4, -0.2) is 48.1 Å². The zero-order valence-corrected chi connectivity index (χ0v) is 34.4. The van der Waals surface area contributed by atoms with Crippen LogP contribution in [0.3, 0.4) is 0 Å². The molecule has 0 rings (SSSR count). The van der Waals surface area contributed by atoms with Gasteiger partial charge in [-0.15, -0.1) is 0 Å². The molecule has 0 spiro atoms. The minimum atomic E-state index is -0.854. The van der Waals surface area contributed by atoms with Gasteiger partial charge in [0.2, 0.25) is 0 Å². The highest BCUT2D eigenvalue weighted by Gasteiger charge is 2.15. The number of carbonyl (C=O) groups is 2. The van der Waals surface area contributed by atoms with Crippen LogP contribution in [-0.2, 0) is 19.1 Å². The second kappa shape index (κ2) is 47.8. The average molecular weight is 759 g/mol. The lowest BCUT2D eigenvalue weighted by atomic mass is 10.2. The van der Waals surface area contributed by atoms with E-state index in [-0.39, 0.29) is 32.0 Å². The normalized spacial score (nSPS) is 13.4. The third-order valence-corrected chi connectivity index (χ3v) is 7.16. The van der Waals surface area contributed by atoms with Gasteiger partial charge in [0.15, 0.2) is 6.10 Å². The van der Waals surface area contributed by atoms with Crippen LogP contribution in [0.15, 0.2) is 146 Å². The molecule has 0 saturated heterocycles. The van der Waals surface area contributed by atoms with Gasteiger partial charge < -0.3 is 19.7 Å². The summed E-state index contributed by atoms with van der Waals surface area (Å²) < 4.78 is 10.5. The summed E-state index contributed by atoms with van der Waals surface area (Å²) in [5, 5.41) is 17.1. The lowest BCUT2D eigenvalue weighted by Crippen LogP contribution is -2.28. The van der Waals surface area contributed by atoms with Crippen molar-refractivity contribution in [3.05, 3.63) is 146 Å². The quantitative estimate of drug-likeness (QED) is 0.0524. The van der Waals surface area contributed by atoms with Crippen molar-refractivity contribution >= 4 is 11.9 Å². The second-order valence-electron chi connectivity index (χ2n) is 12.2. The molecule has 6 heteroatoms. The molecule has 6 nitrogen and oxygen atoms in total. The first kappa shape index (κ1) is 52.8. The number of allylic oxidation sites excluding steroid dienone is 24. The zero-order valence-electron chi connectivity index (χ0n) is 34.4. The summed E-state index contributed by atoms with van der Waals surface area (Å²) in [5.74, 6) is -0.806. The maximum atomic E-state index is 12.1. The molecule has 0 aromatic heterocycles. The molecule has 306 valence electrons. The summed E-state index contributed by atoms with van der Waals surface area (Å²) in [5.41, 5.74) is 0. The summed E-state index contributed by atoms with van der Waals surface area (Å²) in [7, 11) is 0. The van der Waals surface area contributed by atoms with Crippen LogP contribution in [0.25, 0.3) is 0 Å². The molecule has 0 aromatic carbocycles. The largest absolute Gasteiger partial charge is 0.462 e. The van der Waals surface area contributed by atoms with E-state index in [1.807, 2.05) is 24.3 Å². The average Bonchev–Trinajstić information content (AvgIpc) is 3.18. The Kier molecular flexibility index (Phi) is 45.9. The van der Waals surface area contributed by atoms with Gasteiger partial charge in [-0.2, -0.15) is 0 Å². The van der Waals surface area contributed by atoms with Crippen molar-refractivity contribution in [1.29, 1.82) is 0 Å². The molecule has 0 saturated carbocycles. The van der Waals surface area contributed by atoms with Gasteiger partial charge in [0.1, 0.15) is 6.61 Å². The molecule has 0 aliphatic rings. The summed E-state index contributed by atoms with van der Waals surface area (Å²) in [6.07, 6.45) is 63.5. The minimum Gasteiger partial charge on any atom is -0.462 e. The number of aliphatic hydroxyl groups excluding tert-OH is 2. The van der Waals surface area contributed by atoms with Gasteiger partial charge in [0.05, 0.1) is 6.61 Å². The summed E-state index contributed by atoms with van der Waals surface area (Å²) in [6.45, 7) is 5.67. The molecule has 55 heavy (non-hydrogen) atoms. The zero-order chi connectivity index (χ0) is 40.6. The summed E-state index contributed by atoms with van der Waals surface area (Å²) in [6, 6.07) is 0. The Labute approximate surface area is 335 Å². The third kappa shape index (κ3) is 47.7. The third-order valence-electron chi connectivity index (χ3n) is 7.16. The Balaban J connectivity index is 0. The van der Waals surface area contributed by atoms with E-state index in [2.05, 4.69) is 135 Å².